The molecule has 0 bridgehead atoms. The van der Waals surface area contributed by atoms with Crippen molar-refractivity contribution in [2.75, 3.05) is 18.4 Å². The van der Waals surface area contributed by atoms with Crippen LogP contribution in [-0.4, -0.2) is 31.4 Å². The van der Waals surface area contributed by atoms with Crippen molar-refractivity contribution < 1.29 is 12.9 Å². The first-order valence-corrected chi connectivity index (χ1v) is 10.0. The molecule has 0 spiro atoms. The fourth-order valence-corrected chi connectivity index (χ4v) is 3.05. The van der Waals surface area contributed by atoms with Gasteiger partial charge in [0.2, 0.25) is 10.0 Å². The van der Waals surface area contributed by atoms with Gasteiger partial charge >= 0.3 is 0 Å². The van der Waals surface area contributed by atoms with E-state index in [4.69, 9.17) is 4.52 Å². The van der Waals surface area contributed by atoms with E-state index in [1.54, 1.807) is 27.0 Å². The molecule has 7 heteroatoms. The SMILES string of the molecule is CC(C)(C)S(=O)(=O)NCCCCCNc1ccc(-c2ccno2)cc1. The van der Waals surface area contributed by atoms with Gasteiger partial charge in [0.1, 0.15) is 0 Å². The van der Waals surface area contributed by atoms with Gasteiger partial charge in [0.05, 0.1) is 10.9 Å². The molecule has 1 aromatic carbocycles. The Labute approximate surface area is 150 Å². The van der Waals surface area contributed by atoms with Crippen LogP contribution in [0.5, 0.6) is 0 Å². The van der Waals surface area contributed by atoms with E-state index in [0.29, 0.717) is 6.54 Å². The predicted octanol–water partition coefficient (Wildman–Crippen LogP) is 3.64. The highest BCUT2D eigenvalue weighted by Gasteiger charge is 2.27. The smallest absolute Gasteiger partial charge is 0.216 e. The molecule has 6 nitrogen and oxygen atoms in total. The van der Waals surface area contributed by atoms with Crippen molar-refractivity contribution in [3.63, 3.8) is 0 Å². The molecule has 0 aliphatic heterocycles. The summed E-state index contributed by atoms with van der Waals surface area (Å²) in [6.45, 7) is 6.45. The molecule has 0 saturated carbocycles. The topological polar surface area (TPSA) is 84.2 Å². The third-order valence-electron chi connectivity index (χ3n) is 3.89. The van der Waals surface area contributed by atoms with Crippen LogP contribution >= 0.6 is 0 Å². The molecule has 0 atom stereocenters. The monoisotopic (exact) mass is 365 g/mol. The zero-order chi connectivity index (χ0) is 18.3. The van der Waals surface area contributed by atoms with Gasteiger partial charge in [-0.2, -0.15) is 0 Å². The Bertz CT molecular complexity index is 733. The lowest BCUT2D eigenvalue weighted by molar-refractivity contribution is 0.432. The molecule has 1 aromatic heterocycles. The highest BCUT2D eigenvalue weighted by Crippen LogP contribution is 2.20. The number of rotatable bonds is 9. The molecule has 0 aliphatic rings. The van der Waals surface area contributed by atoms with Crippen LogP contribution in [0, 0.1) is 0 Å². The number of nitrogens with zero attached hydrogens (tertiary/aromatic N) is 1. The summed E-state index contributed by atoms with van der Waals surface area (Å²) in [6.07, 6.45) is 4.42. The fourth-order valence-electron chi connectivity index (χ4n) is 2.20. The van der Waals surface area contributed by atoms with Crippen molar-refractivity contribution >= 4 is 15.7 Å². The number of nitrogens with one attached hydrogen (secondary N) is 2. The number of benzene rings is 1. The van der Waals surface area contributed by atoms with E-state index in [0.717, 1.165) is 42.8 Å². The highest BCUT2D eigenvalue weighted by molar-refractivity contribution is 7.90. The second kappa shape index (κ2) is 8.49. The van der Waals surface area contributed by atoms with E-state index in [9.17, 15) is 8.42 Å². The second-order valence-electron chi connectivity index (χ2n) is 6.95. The fraction of sp³-hybridized carbons (Fsp3) is 0.500. The number of unbranched alkanes of at least 4 members (excludes halogenated alkanes) is 2. The molecule has 2 rings (SSSR count). The number of sulfonamides is 1. The average Bonchev–Trinajstić information content (AvgIpc) is 3.08. The largest absolute Gasteiger partial charge is 0.385 e. The molecule has 138 valence electrons. The van der Waals surface area contributed by atoms with Crippen molar-refractivity contribution in [2.45, 2.75) is 44.8 Å². The summed E-state index contributed by atoms with van der Waals surface area (Å²) < 4.78 is 30.8. The maximum Gasteiger partial charge on any atom is 0.216 e. The summed E-state index contributed by atoms with van der Waals surface area (Å²) in [5, 5.41) is 7.06. The Hall–Kier alpha value is -1.86. The Morgan fingerprint density at radius 3 is 2.28 bits per heavy atom. The molecule has 1 heterocycles. The van der Waals surface area contributed by atoms with Gasteiger partial charge < -0.3 is 9.84 Å². The zero-order valence-corrected chi connectivity index (χ0v) is 15.9. The summed E-state index contributed by atoms with van der Waals surface area (Å²) >= 11 is 0. The minimum atomic E-state index is -3.23. The number of hydrogen-bond donors (Lipinski definition) is 2. The molecule has 2 aromatic rings. The van der Waals surface area contributed by atoms with E-state index < -0.39 is 14.8 Å². The summed E-state index contributed by atoms with van der Waals surface area (Å²) in [6, 6.07) is 9.83. The number of anilines is 1. The minimum Gasteiger partial charge on any atom is -0.385 e. The lowest BCUT2D eigenvalue weighted by Crippen LogP contribution is -2.39. The quantitative estimate of drug-likeness (QED) is 0.663. The van der Waals surface area contributed by atoms with Crippen LogP contribution in [-0.2, 0) is 10.0 Å². The summed E-state index contributed by atoms with van der Waals surface area (Å²) in [7, 11) is -3.23. The van der Waals surface area contributed by atoms with Crippen LogP contribution in [0.1, 0.15) is 40.0 Å². The minimum absolute atomic E-state index is 0.492. The molecular weight excluding hydrogens is 338 g/mol. The van der Waals surface area contributed by atoms with Crippen molar-refractivity contribution in [1.82, 2.24) is 9.88 Å². The van der Waals surface area contributed by atoms with Gasteiger partial charge in [0, 0.05) is 30.4 Å². The van der Waals surface area contributed by atoms with Crippen LogP contribution in [0.4, 0.5) is 5.69 Å². The molecular formula is C18H27N3O3S. The highest BCUT2D eigenvalue weighted by atomic mass is 32.2. The number of aromatic nitrogens is 1. The molecule has 2 N–H and O–H groups in total. The molecule has 0 amide bonds. The van der Waals surface area contributed by atoms with Crippen molar-refractivity contribution in [3.05, 3.63) is 36.5 Å². The first-order chi connectivity index (χ1) is 11.8. The van der Waals surface area contributed by atoms with Crippen LogP contribution in [0.3, 0.4) is 0 Å². The molecule has 0 radical (unpaired) electrons. The lowest BCUT2D eigenvalue weighted by Gasteiger charge is -2.19. The van der Waals surface area contributed by atoms with Crippen LogP contribution in [0.15, 0.2) is 41.1 Å². The Morgan fingerprint density at radius 1 is 1.00 bits per heavy atom. The summed E-state index contributed by atoms with van der Waals surface area (Å²) in [5.41, 5.74) is 2.05. The Balaban J connectivity index is 1.62. The summed E-state index contributed by atoms with van der Waals surface area (Å²) in [4.78, 5) is 0. The molecule has 0 aliphatic carbocycles. The first-order valence-electron chi connectivity index (χ1n) is 8.54. The third-order valence-corrected chi connectivity index (χ3v) is 6.08. The van der Waals surface area contributed by atoms with Crippen molar-refractivity contribution in [1.29, 1.82) is 0 Å². The summed E-state index contributed by atoms with van der Waals surface area (Å²) in [5.74, 6) is 0.754. The molecule has 0 fully saturated rings. The Morgan fingerprint density at radius 2 is 1.68 bits per heavy atom. The zero-order valence-electron chi connectivity index (χ0n) is 15.1. The second-order valence-corrected chi connectivity index (χ2v) is 9.47. The van der Waals surface area contributed by atoms with E-state index in [-0.39, 0.29) is 0 Å². The lowest BCUT2D eigenvalue weighted by atomic mass is 10.1. The van der Waals surface area contributed by atoms with E-state index >= 15 is 0 Å². The van der Waals surface area contributed by atoms with Gasteiger partial charge in [0.25, 0.3) is 0 Å². The van der Waals surface area contributed by atoms with E-state index in [1.165, 1.54) is 0 Å². The van der Waals surface area contributed by atoms with Gasteiger partial charge in [-0.1, -0.05) is 11.6 Å². The number of hydrogen-bond acceptors (Lipinski definition) is 5. The van der Waals surface area contributed by atoms with Gasteiger partial charge in [-0.15, -0.1) is 0 Å². The van der Waals surface area contributed by atoms with Crippen LogP contribution in [0.2, 0.25) is 0 Å². The maximum atomic E-state index is 11.9. The van der Waals surface area contributed by atoms with E-state index in [2.05, 4.69) is 15.2 Å². The van der Waals surface area contributed by atoms with Gasteiger partial charge in [0.15, 0.2) is 5.76 Å². The van der Waals surface area contributed by atoms with Crippen LogP contribution < -0.4 is 10.0 Å². The van der Waals surface area contributed by atoms with Crippen LogP contribution in [0.25, 0.3) is 11.3 Å². The first kappa shape index (κ1) is 19.5. The molecule has 0 saturated heterocycles. The van der Waals surface area contributed by atoms with E-state index in [1.807, 2.05) is 30.3 Å². The molecule has 25 heavy (non-hydrogen) atoms. The standard InChI is InChI=1S/C18H27N3O3S/c1-18(2,3)25(22,23)21-13-6-4-5-12-19-16-9-7-15(8-10-16)17-11-14-20-24-17/h7-11,14,19,21H,4-6,12-13H2,1-3H3. The average molecular weight is 365 g/mol. The normalized spacial score (nSPS) is 12.3. The third kappa shape index (κ3) is 5.86. The molecule has 0 unspecified atom stereocenters. The van der Waals surface area contributed by atoms with Gasteiger partial charge in [-0.3, -0.25) is 0 Å². The Kier molecular flexibility index (Phi) is 6.61. The predicted molar refractivity (Wildman–Crippen MR) is 101 cm³/mol. The van der Waals surface area contributed by atoms with Crippen molar-refractivity contribution in [2.24, 2.45) is 0 Å². The maximum absolute atomic E-state index is 11.9. The van der Waals surface area contributed by atoms with Crippen molar-refractivity contribution in [3.8, 4) is 11.3 Å². The van der Waals surface area contributed by atoms with Gasteiger partial charge in [-0.05, 0) is 57.9 Å². The van der Waals surface area contributed by atoms with Gasteiger partial charge in [-0.25, -0.2) is 13.1 Å².